The number of benzene rings is 2. The van der Waals surface area contributed by atoms with Crippen LogP contribution < -0.4 is 10.6 Å². The third-order valence-electron chi connectivity index (χ3n) is 9.96. The van der Waals surface area contributed by atoms with Crippen molar-refractivity contribution >= 4 is 34.3 Å². The van der Waals surface area contributed by atoms with Crippen LogP contribution in [0, 0.1) is 0 Å². The lowest BCUT2D eigenvalue weighted by Crippen LogP contribution is -2.28. The number of H-pyrrole nitrogens is 3. The summed E-state index contributed by atoms with van der Waals surface area (Å²) in [5.74, 6) is 0. The number of allylic oxidation sites excluding steroid dienone is 2. The number of fused-ring (bicyclic) bond motifs is 7. The molecule has 47 heavy (non-hydrogen) atoms. The second-order valence-electron chi connectivity index (χ2n) is 14.2. The molecule has 0 spiro atoms. The molecule has 6 nitrogen and oxygen atoms in total. The molecule has 8 bridgehead atoms. The van der Waals surface area contributed by atoms with Crippen molar-refractivity contribution in [3.63, 3.8) is 0 Å². The number of aliphatic imine (C=N–C) groups is 1. The fourth-order valence-electron chi connectivity index (χ4n) is 6.55. The van der Waals surface area contributed by atoms with E-state index in [0.29, 0.717) is 11.7 Å². The third-order valence-corrected chi connectivity index (χ3v) is 10.2. The number of anilines is 1. The van der Waals surface area contributed by atoms with E-state index in [4.69, 9.17) is 17.2 Å². The maximum atomic E-state index is 5.59. The fraction of sp³-hybridized carbons (Fsp3) is 0.250. The number of aromatic amines is 3. The largest absolute Gasteiger partial charge is 0.361 e. The van der Waals surface area contributed by atoms with Crippen molar-refractivity contribution in [2.75, 3.05) is 5.32 Å². The van der Waals surface area contributed by atoms with E-state index in [1.54, 1.807) is 0 Å². The normalized spacial score (nSPS) is 18.9. The van der Waals surface area contributed by atoms with Crippen molar-refractivity contribution in [2.45, 2.75) is 64.3 Å². The van der Waals surface area contributed by atoms with Gasteiger partial charge >= 0.3 is 0 Å². The highest BCUT2D eigenvalue weighted by atomic mass is 32.1. The predicted molar refractivity (Wildman–Crippen MR) is 198 cm³/mol. The molecule has 5 N–H and O–H groups in total. The summed E-state index contributed by atoms with van der Waals surface area (Å²) in [6, 6.07) is 31.9. The standard InChI is InChI=1S/C40H42N6S/c1-38(2)30-18-16-28(43-30)36(26-12-14-27(15-13-26)42-37(47)41-24-25-10-8-7-9-11-25)29-17-19-31(44-29)39(3,4)33-21-23-35(46-33)40(5,6)34-22-20-32(38)45-34/h7-23,43,45-46H,24H2,1-6H3,(H2,41,42,47)/b36-29-. The van der Waals surface area contributed by atoms with E-state index in [1.165, 1.54) is 17.0 Å². The second-order valence-corrected chi connectivity index (χ2v) is 14.6. The zero-order chi connectivity index (χ0) is 33.0. The molecule has 0 saturated carbocycles. The molecule has 0 amide bonds. The van der Waals surface area contributed by atoms with Crippen LogP contribution in [0.3, 0.4) is 0 Å². The van der Waals surface area contributed by atoms with Crippen molar-refractivity contribution in [1.82, 2.24) is 20.3 Å². The van der Waals surface area contributed by atoms with Gasteiger partial charge in [-0.3, -0.25) is 4.99 Å². The van der Waals surface area contributed by atoms with Gasteiger partial charge in [-0.2, -0.15) is 0 Å². The Balaban J connectivity index is 1.28. The Morgan fingerprint density at radius 3 is 1.81 bits per heavy atom. The Bertz CT molecular complexity index is 2040. The second kappa shape index (κ2) is 11.4. The van der Waals surface area contributed by atoms with Crippen molar-refractivity contribution < 1.29 is 0 Å². The minimum atomic E-state index is -0.325. The van der Waals surface area contributed by atoms with Crippen LogP contribution in [-0.2, 0) is 22.8 Å². The van der Waals surface area contributed by atoms with Gasteiger partial charge in [-0.1, -0.05) is 42.5 Å². The summed E-state index contributed by atoms with van der Waals surface area (Å²) in [6.07, 6.45) is 4.31. The van der Waals surface area contributed by atoms with Crippen LogP contribution in [0.2, 0.25) is 0 Å². The number of nitrogens with one attached hydrogen (secondary N) is 5. The predicted octanol–water partition coefficient (Wildman–Crippen LogP) is 8.87. The molecule has 5 aromatic rings. The summed E-state index contributed by atoms with van der Waals surface area (Å²) in [6.45, 7) is 14.2. The molecule has 0 atom stereocenters. The van der Waals surface area contributed by atoms with E-state index in [-0.39, 0.29) is 16.2 Å². The monoisotopic (exact) mass is 638 g/mol. The average Bonchev–Trinajstić information content (AvgIpc) is 3.88. The van der Waals surface area contributed by atoms with E-state index < -0.39 is 0 Å². The summed E-state index contributed by atoms with van der Waals surface area (Å²) < 4.78 is 0. The van der Waals surface area contributed by atoms with Gasteiger partial charge in [0.15, 0.2) is 5.11 Å². The number of rotatable bonds is 4. The van der Waals surface area contributed by atoms with Gasteiger partial charge in [0.25, 0.3) is 0 Å². The van der Waals surface area contributed by atoms with Crippen LogP contribution in [0.5, 0.6) is 0 Å². The van der Waals surface area contributed by atoms with E-state index in [9.17, 15) is 0 Å². The molecular formula is C40H42N6S. The van der Waals surface area contributed by atoms with E-state index in [2.05, 4.69) is 152 Å². The molecule has 0 fully saturated rings. The highest BCUT2D eigenvalue weighted by Crippen LogP contribution is 2.40. The first-order valence-electron chi connectivity index (χ1n) is 16.2. The smallest absolute Gasteiger partial charge is 0.171 e. The minimum absolute atomic E-state index is 0.227. The summed E-state index contributed by atoms with van der Waals surface area (Å²) in [5.41, 5.74) is 12.1. The minimum Gasteiger partial charge on any atom is -0.361 e. The molecule has 7 heteroatoms. The van der Waals surface area contributed by atoms with Crippen LogP contribution in [0.1, 0.15) is 86.8 Å². The van der Waals surface area contributed by atoms with Gasteiger partial charge in [-0.25, -0.2) is 0 Å². The summed E-state index contributed by atoms with van der Waals surface area (Å²) >= 11 is 5.59. The van der Waals surface area contributed by atoms with Crippen molar-refractivity contribution in [1.29, 1.82) is 0 Å². The quantitative estimate of drug-likeness (QED) is 0.128. The lowest BCUT2D eigenvalue weighted by atomic mass is 9.84. The molecule has 3 aromatic heterocycles. The SMILES string of the molecule is CC1(C)C2=N/C(=C(/c3ccc(NC(=S)NCc4ccccc4)cc3)c3ccc([nH]3)C(C)(C)c3ccc([nH]3)C(C)(C)c3ccc1[nH]3)C=C2. The van der Waals surface area contributed by atoms with E-state index in [0.717, 1.165) is 51.0 Å². The number of aromatic nitrogens is 3. The van der Waals surface area contributed by atoms with Gasteiger partial charge in [-0.15, -0.1) is 0 Å². The molecule has 2 aliphatic heterocycles. The average molecular weight is 639 g/mol. The fourth-order valence-corrected chi connectivity index (χ4v) is 6.74. The van der Waals surface area contributed by atoms with Gasteiger partial charge in [0, 0.05) is 68.2 Å². The summed E-state index contributed by atoms with van der Waals surface area (Å²) in [4.78, 5) is 16.7. The lowest BCUT2D eigenvalue weighted by Gasteiger charge is -2.27. The Kier molecular flexibility index (Phi) is 7.48. The van der Waals surface area contributed by atoms with Gasteiger partial charge < -0.3 is 25.6 Å². The summed E-state index contributed by atoms with van der Waals surface area (Å²) in [7, 11) is 0. The number of hydrogen-bond donors (Lipinski definition) is 5. The Hall–Kier alpha value is -4.88. The maximum absolute atomic E-state index is 5.59. The van der Waals surface area contributed by atoms with Crippen molar-refractivity contribution in [3.05, 3.63) is 154 Å². The first kappa shape index (κ1) is 30.8. The zero-order valence-electron chi connectivity index (χ0n) is 27.9. The molecule has 5 heterocycles. The lowest BCUT2D eigenvalue weighted by molar-refractivity contribution is 0.569. The molecule has 0 saturated heterocycles. The molecular weight excluding hydrogens is 597 g/mol. The molecule has 7 rings (SSSR count). The molecule has 2 aliphatic rings. The number of thiocarbonyl (C=S) groups is 1. The van der Waals surface area contributed by atoms with Crippen LogP contribution in [-0.4, -0.2) is 25.8 Å². The van der Waals surface area contributed by atoms with E-state index >= 15 is 0 Å². The Morgan fingerprint density at radius 1 is 0.638 bits per heavy atom. The highest BCUT2D eigenvalue weighted by Gasteiger charge is 2.35. The zero-order valence-corrected chi connectivity index (χ0v) is 28.7. The first-order valence-corrected chi connectivity index (χ1v) is 16.6. The van der Waals surface area contributed by atoms with Crippen LogP contribution in [0.4, 0.5) is 5.69 Å². The number of hydrogen-bond acceptors (Lipinski definition) is 2. The first-order chi connectivity index (χ1) is 22.4. The van der Waals surface area contributed by atoms with Crippen molar-refractivity contribution in [3.8, 4) is 0 Å². The van der Waals surface area contributed by atoms with Crippen molar-refractivity contribution in [2.24, 2.45) is 4.99 Å². The van der Waals surface area contributed by atoms with Crippen LogP contribution in [0.25, 0.3) is 5.57 Å². The van der Waals surface area contributed by atoms with Gasteiger partial charge in [0.2, 0.25) is 0 Å². The molecule has 0 radical (unpaired) electrons. The molecule has 2 aromatic carbocycles. The van der Waals surface area contributed by atoms with Gasteiger partial charge in [0.1, 0.15) is 0 Å². The number of nitrogens with zero attached hydrogens (tertiary/aromatic N) is 1. The topological polar surface area (TPSA) is 83.8 Å². The Labute approximate surface area is 282 Å². The van der Waals surface area contributed by atoms with E-state index in [1.807, 2.05) is 18.2 Å². The maximum Gasteiger partial charge on any atom is 0.171 e. The van der Waals surface area contributed by atoms with Crippen LogP contribution in [0.15, 0.2) is 114 Å². The Morgan fingerprint density at radius 2 is 1.19 bits per heavy atom. The van der Waals surface area contributed by atoms with Crippen LogP contribution >= 0.6 is 12.2 Å². The highest BCUT2D eigenvalue weighted by molar-refractivity contribution is 7.80. The van der Waals surface area contributed by atoms with Gasteiger partial charge in [-0.05, 0) is 126 Å². The summed E-state index contributed by atoms with van der Waals surface area (Å²) in [5, 5.41) is 7.22. The molecule has 0 aliphatic carbocycles. The van der Waals surface area contributed by atoms with Gasteiger partial charge in [0.05, 0.1) is 11.4 Å². The molecule has 238 valence electrons. The molecule has 0 unspecified atom stereocenters. The third kappa shape index (κ3) is 5.59.